The number of fused-ring (bicyclic) bond motifs is 3. The number of aromatic nitrogens is 5. The first-order valence-corrected chi connectivity index (χ1v) is 9.39. The van der Waals surface area contributed by atoms with E-state index in [-0.39, 0.29) is 12.3 Å². The third kappa shape index (κ3) is 3.64. The third-order valence-corrected chi connectivity index (χ3v) is 4.70. The number of hydrogen-bond donors (Lipinski definition) is 4. The van der Waals surface area contributed by atoms with Crippen LogP contribution in [-0.4, -0.2) is 48.7 Å². The maximum Gasteiger partial charge on any atom is 0.222 e. The lowest BCUT2D eigenvalue weighted by Crippen LogP contribution is -2.26. The van der Waals surface area contributed by atoms with Crippen LogP contribution in [0.1, 0.15) is 19.0 Å². The van der Waals surface area contributed by atoms with Gasteiger partial charge in [-0.3, -0.25) is 4.79 Å². The number of carbonyl (C=O) groups is 1. The van der Waals surface area contributed by atoms with Crippen molar-refractivity contribution in [3.05, 3.63) is 36.3 Å². The summed E-state index contributed by atoms with van der Waals surface area (Å²) in [7, 11) is 3.78. The molecule has 1 atom stereocenters. The molecule has 4 heterocycles. The van der Waals surface area contributed by atoms with Crippen LogP contribution in [0, 0.1) is 0 Å². The van der Waals surface area contributed by atoms with Gasteiger partial charge in [-0.25, -0.2) is 15.0 Å². The predicted molar refractivity (Wildman–Crippen MR) is 111 cm³/mol. The molecule has 0 spiro atoms. The number of nitrogens with zero attached hydrogens (tertiary/aromatic N) is 4. The van der Waals surface area contributed by atoms with E-state index in [2.05, 4.69) is 30.6 Å². The minimum Gasteiger partial charge on any atom is -0.393 e. The van der Waals surface area contributed by atoms with Gasteiger partial charge in [0.25, 0.3) is 0 Å². The average Bonchev–Trinajstić information content (AvgIpc) is 3.29. The van der Waals surface area contributed by atoms with Crippen LogP contribution >= 0.6 is 0 Å². The van der Waals surface area contributed by atoms with Gasteiger partial charge >= 0.3 is 0 Å². The van der Waals surface area contributed by atoms with Crippen molar-refractivity contribution in [1.82, 2.24) is 29.8 Å². The van der Waals surface area contributed by atoms with Gasteiger partial charge in [0.15, 0.2) is 5.82 Å². The van der Waals surface area contributed by atoms with Gasteiger partial charge in [-0.05, 0) is 25.1 Å². The smallest absolute Gasteiger partial charge is 0.222 e. The van der Waals surface area contributed by atoms with Gasteiger partial charge in [0, 0.05) is 19.5 Å². The molecule has 0 radical (unpaired) electrons. The zero-order valence-electron chi connectivity index (χ0n) is 16.5. The zero-order chi connectivity index (χ0) is 20.5. The largest absolute Gasteiger partial charge is 0.393 e. The van der Waals surface area contributed by atoms with Gasteiger partial charge in [-0.1, -0.05) is 6.07 Å². The molecule has 9 nitrogen and oxygen atoms in total. The first-order valence-electron chi connectivity index (χ1n) is 9.39. The summed E-state index contributed by atoms with van der Waals surface area (Å²) in [5, 5.41) is 16.1. The normalized spacial score (nSPS) is 12.4. The Balaban J connectivity index is 1.67. The van der Waals surface area contributed by atoms with Crippen molar-refractivity contribution in [1.29, 1.82) is 0 Å². The van der Waals surface area contributed by atoms with Crippen molar-refractivity contribution >= 4 is 33.8 Å². The molecule has 0 saturated carbocycles. The Kier molecular flexibility index (Phi) is 4.89. The molecule has 4 rings (SSSR count). The summed E-state index contributed by atoms with van der Waals surface area (Å²) in [5.74, 6) is 0.504. The summed E-state index contributed by atoms with van der Waals surface area (Å²) in [6.07, 6.45) is 1.18. The third-order valence-electron chi connectivity index (χ3n) is 4.70. The van der Waals surface area contributed by atoms with Crippen LogP contribution in [0.2, 0.25) is 0 Å². The van der Waals surface area contributed by atoms with Gasteiger partial charge in [0.2, 0.25) is 5.91 Å². The zero-order valence-corrected chi connectivity index (χ0v) is 16.5. The van der Waals surface area contributed by atoms with E-state index < -0.39 is 6.10 Å². The number of aryl methyl sites for hydroxylation is 1. The van der Waals surface area contributed by atoms with Gasteiger partial charge in [0.05, 0.1) is 48.0 Å². The number of carbonyl (C=O) groups excluding carboxylic acids is 1. The average molecular weight is 393 g/mol. The fourth-order valence-electron chi connectivity index (χ4n) is 3.37. The number of H-pyrrole nitrogens is 1. The molecule has 0 aliphatic heterocycles. The Morgan fingerprint density at radius 3 is 2.93 bits per heavy atom. The van der Waals surface area contributed by atoms with Gasteiger partial charge < -0.3 is 25.3 Å². The van der Waals surface area contributed by atoms with Crippen LogP contribution in [0.5, 0.6) is 0 Å². The van der Waals surface area contributed by atoms with E-state index in [0.29, 0.717) is 12.4 Å². The number of nitrogens with one attached hydrogen (secondary N) is 3. The predicted octanol–water partition coefficient (Wildman–Crippen LogP) is 1.94. The molecule has 1 unspecified atom stereocenters. The van der Waals surface area contributed by atoms with Crippen molar-refractivity contribution in [2.45, 2.75) is 26.0 Å². The highest BCUT2D eigenvalue weighted by molar-refractivity contribution is 6.07. The molecular formula is C20H23N7O2. The lowest BCUT2D eigenvalue weighted by molar-refractivity contribution is -0.122. The number of hydrogen-bond acceptors (Lipinski definition) is 6. The van der Waals surface area contributed by atoms with E-state index in [0.717, 1.165) is 39.1 Å². The molecule has 0 bridgehead atoms. The number of aromatic amines is 1. The summed E-state index contributed by atoms with van der Waals surface area (Å²) >= 11 is 0. The highest BCUT2D eigenvalue weighted by atomic mass is 16.3. The first kappa shape index (κ1) is 18.9. The number of rotatable bonds is 6. The summed E-state index contributed by atoms with van der Waals surface area (Å²) in [5.41, 5.74) is 4.87. The number of aliphatic hydroxyl groups excluding tert-OH is 1. The summed E-state index contributed by atoms with van der Waals surface area (Å²) < 4.78 is 1.97. The molecule has 0 aromatic carbocycles. The number of anilines is 1. The monoisotopic (exact) mass is 393 g/mol. The standard InChI is InChI=1S/C20H23N7O2/c1-11(28)7-16(29)22-9-12-5-4-6-14(24-12)15-8-13-18-17(23-10-27(18)3)20(21-2)26-19(13)25-15/h4-6,8,10-11,28H,7,9H2,1-3H3,(H,22,29)(H2,21,25,26). The van der Waals surface area contributed by atoms with E-state index in [1.807, 2.05) is 42.9 Å². The summed E-state index contributed by atoms with van der Waals surface area (Å²) in [6.45, 7) is 1.88. The maximum atomic E-state index is 11.8. The van der Waals surface area contributed by atoms with Crippen LogP contribution in [0.15, 0.2) is 30.6 Å². The van der Waals surface area contributed by atoms with Crippen molar-refractivity contribution in [3.63, 3.8) is 0 Å². The molecule has 4 N–H and O–H groups in total. The summed E-state index contributed by atoms with van der Waals surface area (Å²) in [4.78, 5) is 28.8. The minimum atomic E-state index is -0.667. The fraction of sp³-hybridized carbons (Fsp3) is 0.300. The van der Waals surface area contributed by atoms with Crippen LogP contribution in [-0.2, 0) is 18.4 Å². The summed E-state index contributed by atoms with van der Waals surface area (Å²) in [6, 6.07) is 7.68. The molecule has 4 aromatic rings. The van der Waals surface area contributed by atoms with Crippen molar-refractivity contribution in [2.24, 2.45) is 7.05 Å². The number of amides is 1. The Hall–Kier alpha value is -3.46. The van der Waals surface area contributed by atoms with Gasteiger partial charge in [-0.2, -0.15) is 0 Å². The van der Waals surface area contributed by atoms with E-state index in [1.54, 1.807) is 13.3 Å². The Bertz CT molecular complexity index is 1190. The molecule has 9 heteroatoms. The maximum absolute atomic E-state index is 11.8. The second-order valence-electron chi connectivity index (χ2n) is 7.05. The van der Waals surface area contributed by atoms with Crippen LogP contribution in [0.4, 0.5) is 5.82 Å². The number of aliphatic hydroxyl groups is 1. The van der Waals surface area contributed by atoms with E-state index in [4.69, 9.17) is 0 Å². The lowest BCUT2D eigenvalue weighted by atomic mass is 10.2. The molecular weight excluding hydrogens is 370 g/mol. The van der Waals surface area contributed by atoms with E-state index >= 15 is 0 Å². The quantitative estimate of drug-likeness (QED) is 0.397. The molecule has 1 amide bonds. The van der Waals surface area contributed by atoms with Gasteiger partial charge in [0.1, 0.15) is 11.2 Å². The molecule has 29 heavy (non-hydrogen) atoms. The molecule has 0 aliphatic carbocycles. The molecule has 150 valence electrons. The number of imidazole rings is 1. The number of pyridine rings is 2. The molecule has 0 fully saturated rings. The van der Waals surface area contributed by atoms with E-state index in [9.17, 15) is 9.90 Å². The Labute approximate surface area is 167 Å². The molecule has 0 aliphatic rings. The topological polar surface area (TPSA) is 121 Å². The van der Waals surface area contributed by atoms with Gasteiger partial charge in [-0.15, -0.1) is 0 Å². The van der Waals surface area contributed by atoms with E-state index in [1.165, 1.54) is 0 Å². The molecule has 4 aromatic heterocycles. The second kappa shape index (κ2) is 7.51. The highest BCUT2D eigenvalue weighted by Gasteiger charge is 2.15. The Morgan fingerprint density at radius 2 is 2.17 bits per heavy atom. The van der Waals surface area contributed by atoms with Crippen molar-refractivity contribution in [3.8, 4) is 11.4 Å². The molecule has 0 saturated heterocycles. The second-order valence-corrected chi connectivity index (χ2v) is 7.05. The van der Waals surface area contributed by atoms with Crippen molar-refractivity contribution in [2.75, 3.05) is 12.4 Å². The SMILES string of the molecule is CNc1nc2[nH]c(-c3cccc(CNC(=O)CC(C)O)n3)cc2c2c1ncn2C. The van der Waals surface area contributed by atoms with Crippen LogP contribution in [0.3, 0.4) is 0 Å². The van der Waals surface area contributed by atoms with Crippen molar-refractivity contribution < 1.29 is 9.90 Å². The van der Waals surface area contributed by atoms with Crippen LogP contribution in [0.25, 0.3) is 33.5 Å². The first-order chi connectivity index (χ1) is 14.0. The van der Waals surface area contributed by atoms with Crippen LogP contribution < -0.4 is 10.6 Å². The minimum absolute atomic E-state index is 0.0713. The fourth-order valence-corrected chi connectivity index (χ4v) is 3.37. The lowest BCUT2D eigenvalue weighted by Gasteiger charge is -2.07. The highest BCUT2D eigenvalue weighted by Crippen LogP contribution is 2.31. The Morgan fingerprint density at radius 1 is 1.34 bits per heavy atom.